The number of hydrogen-bond donors (Lipinski definition) is 1. The molecule has 0 fully saturated rings. The van der Waals surface area contributed by atoms with Gasteiger partial charge in [-0.2, -0.15) is 0 Å². The summed E-state index contributed by atoms with van der Waals surface area (Å²) < 4.78 is 0. The third-order valence-corrected chi connectivity index (χ3v) is 3.22. The first kappa shape index (κ1) is 6.55. The first-order valence-electron chi connectivity index (χ1n) is 3.69. The van der Waals surface area contributed by atoms with Crippen molar-refractivity contribution in [2.75, 3.05) is 5.88 Å². The Hall–Kier alpha value is -0.150. The lowest BCUT2D eigenvalue weighted by Gasteiger charge is -2.16. The zero-order valence-corrected chi connectivity index (χ0v) is 6.65. The van der Waals surface area contributed by atoms with Crippen LogP contribution < -0.4 is 0 Å². The van der Waals surface area contributed by atoms with Crippen LogP contribution in [0, 0.1) is 0 Å². The van der Waals surface area contributed by atoms with Gasteiger partial charge in [0.25, 0.3) is 0 Å². The Kier molecular flexibility index (Phi) is 1.62. The second kappa shape index (κ2) is 2.47. The average Bonchev–Trinajstić information content (AvgIpc) is 2.34. The molecule has 10 heavy (non-hydrogen) atoms. The molecule has 0 atom stereocenters. The molecule has 1 aliphatic heterocycles. The van der Waals surface area contributed by atoms with Crippen LogP contribution in [0.25, 0.3) is 0 Å². The summed E-state index contributed by atoms with van der Waals surface area (Å²) in [5, 5.41) is 10.7. The third-order valence-electron chi connectivity index (χ3n) is 2.06. The Labute approximate surface area is 64.9 Å². The van der Waals surface area contributed by atoms with E-state index in [0.717, 1.165) is 12.3 Å². The summed E-state index contributed by atoms with van der Waals surface area (Å²) in [7, 11) is 0. The molecule has 0 aromatic carbocycles. The van der Waals surface area contributed by atoms with Crippen molar-refractivity contribution in [1.82, 2.24) is 5.06 Å². The molecule has 0 spiro atoms. The standard InChI is InChI=1S/C7H11NOS/c9-8-5-10-7-4-2-1-3-6(7)8/h9H,1-5H2. The van der Waals surface area contributed by atoms with Crippen molar-refractivity contribution >= 4 is 11.8 Å². The lowest BCUT2D eigenvalue weighted by Crippen LogP contribution is -2.14. The Balaban J connectivity index is 2.20. The smallest absolute Gasteiger partial charge is 0.0947 e. The Morgan fingerprint density at radius 1 is 1.30 bits per heavy atom. The number of allylic oxidation sites excluding steroid dienone is 2. The summed E-state index contributed by atoms with van der Waals surface area (Å²) in [6.07, 6.45) is 4.83. The van der Waals surface area contributed by atoms with Crippen molar-refractivity contribution in [1.29, 1.82) is 0 Å². The van der Waals surface area contributed by atoms with Crippen molar-refractivity contribution in [2.24, 2.45) is 0 Å². The highest BCUT2D eigenvalue weighted by Gasteiger charge is 2.23. The summed E-state index contributed by atoms with van der Waals surface area (Å²) in [5.41, 5.74) is 1.19. The van der Waals surface area contributed by atoms with Gasteiger partial charge in [-0.25, -0.2) is 0 Å². The Bertz CT molecular complexity index is 178. The van der Waals surface area contributed by atoms with Crippen LogP contribution in [0.1, 0.15) is 25.7 Å². The average molecular weight is 157 g/mol. The zero-order chi connectivity index (χ0) is 6.97. The van der Waals surface area contributed by atoms with Gasteiger partial charge in [-0.05, 0) is 25.7 Å². The Morgan fingerprint density at radius 2 is 2.10 bits per heavy atom. The van der Waals surface area contributed by atoms with Crippen molar-refractivity contribution in [2.45, 2.75) is 25.7 Å². The lowest BCUT2D eigenvalue weighted by atomic mass is 10.0. The molecule has 1 aliphatic carbocycles. The third kappa shape index (κ3) is 0.935. The number of hydrogen-bond acceptors (Lipinski definition) is 3. The highest BCUT2D eigenvalue weighted by molar-refractivity contribution is 8.03. The summed E-state index contributed by atoms with van der Waals surface area (Å²) in [4.78, 5) is 1.42. The van der Waals surface area contributed by atoms with E-state index in [1.54, 1.807) is 11.8 Å². The highest BCUT2D eigenvalue weighted by atomic mass is 32.2. The van der Waals surface area contributed by atoms with E-state index in [1.165, 1.54) is 34.9 Å². The largest absolute Gasteiger partial charge is 0.288 e. The highest BCUT2D eigenvalue weighted by Crippen LogP contribution is 2.39. The second-order valence-corrected chi connectivity index (χ2v) is 3.79. The maximum Gasteiger partial charge on any atom is 0.0947 e. The molecule has 0 saturated heterocycles. The van der Waals surface area contributed by atoms with Crippen molar-refractivity contribution in [3.05, 3.63) is 10.6 Å². The fourth-order valence-corrected chi connectivity index (χ4v) is 2.60. The molecule has 0 unspecified atom stereocenters. The summed E-state index contributed by atoms with van der Waals surface area (Å²) in [6, 6.07) is 0. The molecule has 1 heterocycles. The normalized spacial score (nSPS) is 25.5. The van der Waals surface area contributed by atoms with Gasteiger partial charge in [-0.15, -0.1) is 11.8 Å². The van der Waals surface area contributed by atoms with Crippen molar-refractivity contribution < 1.29 is 5.21 Å². The molecular weight excluding hydrogens is 146 g/mol. The molecule has 0 radical (unpaired) electrons. The molecule has 0 bridgehead atoms. The maximum absolute atomic E-state index is 9.28. The Morgan fingerprint density at radius 3 is 2.90 bits per heavy atom. The van der Waals surface area contributed by atoms with E-state index in [9.17, 15) is 5.21 Å². The van der Waals surface area contributed by atoms with Crippen molar-refractivity contribution in [3.8, 4) is 0 Å². The molecule has 1 N–H and O–H groups in total. The molecule has 2 nitrogen and oxygen atoms in total. The van der Waals surface area contributed by atoms with Crippen LogP contribution in [0.4, 0.5) is 0 Å². The molecule has 0 aromatic rings. The predicted molar refractivity (Wildman–Crippen MR) is 41.6 cm³/mol. The van der Waals surface area contributed by atoms with Crippen LogP contribution in [0.2, 0.25) is 0 Å². The van der Waals surface area contributed by atoms with E-state index in [-0.39, 0.29) is 0 Å². The molecule has 0 amide bonds. The number of nitrogens with zero attached hydrogens (tertiary/aromatic N) is 1. The summed E-state index contributed by atoms with van der Waals surface area (Å²) in [5.74, 6) is 0.755. The molecule has 2 rings (SSSR count). The van der Waals surface area contributed by atoms with Gasteiger partial charge in [0.15, 0.2) is 0 Å². The fraction of sp³-hybridized carbons (Fsp3) is 0.714. The van der Waals surface area contributed by atoms with Crippen LogP contribution in [0.5, 0.6) is 0 Å². The monoisotopic (exact) mass is 157 g/mol. The fourth-order valence-electron chi connectivity index (χ4n) is 1.51. The van der Waals surface area contributed by atoms with Gasteiger partial charge >= 0.3 is 0 Å². The quantitative estimate of drug-likeness (QED) is 0.583. The van der Waals surface area contributed by atoms with Gasteiger partial charge in [-0.1, -0.05) is 0 Å². The van der Waals surface area contributed by atoms with Gasteiger partial charge < -0.3 is 0 Å². The second-order valence-electron chi connectivity index (χ2n) is 2.75. The van der Waals surface area contributed by atoms with Crippen LogP contribution in [0.15, 0.2) is 10.6 Å². The van der Waals surface area contributed by atoms with Gasteiger partial charge in [-0.3, -0.25) is 10.3 Å². The van der Waals surface area contributed by atoms with E-state index in [1.807, 2.05) is 0 Å². The maximum atomic E-state index is 9.28. The van der Waals surface area contributed by atoms with E-state index >= 15 is 0 Å². The van der Waals surface area contributed by atoms with E-state index in [2.05, 4.69) is 0 Å². The topological polar surface area (TPSA) is 23.5 Å². The number of hydroxylamine groups is 2. The van der Waals surface area contributed by atoms with Gasteiger partial charge in [0, 0.05) is 4.91 Å². The predicted octanol–water partition coefficient (Wildman–Crippen LogP) is 2.17. The minimum atomic E-state index is 0.755. The molecule has 56 valence electrons. The molecule has 0 aromatic heterocycles. The minimum absolute atomic E-state index is 0.755. The number of thioether (sulfide) groups is 1. The van der Waals surface area contributed by atoms with Crippen LogP contribution in [-0.4, -0.2) is 16.1 Å². The van der Waals surface area contributed by atoms with Crippen LogP contribution in [-0.2, 0) is 0 Å². The SMILES string of the molecule is ON1CSC2=C1CCCC2. The molecule has 3 heteroatoms. The van der Waals surface area contributed by atoms with Gasteiger partial charge in [0.1, 0.15) is 0 Å². The first-order valence-corrected chi connectivity index (χ1v) is 4.68. The van der Waals surface area contributed by atoms with Crippen molar-refractivity contribution in [3.63, 3.8) is 0 Å². The van der Waals surface area contributed by atoms with Gasteiger partial charge in [0.2, 0.25) is 0 Å². The van der Waals surface area contributed by atoms with Crippen LogP contribution >= 0.6 is 11.8 Å². The van der Waals surface area contributed by atoms with Gasteiger partial charge in [0.05, 0.1) is 11.6 Å². The van der Waals surface area contributed by atoms with Crippen LogP contribution in [0.3, 0.4) is 0 Å². The lowest BCUT2D eigenvalue weighted by molar-refractivity contribution is -0.0371. The number of rotatable bonds is 0. The summed E-state index contributed by atoms with van der Waals surface area (Å²) in [6.45, 7) is 0. The molecule has 2 aliphatic rings. The summed E-state index contributed by atoms with van der Waals surface area (Å²) >= 11 is 1.79. The molecule has 0 saturated carbocycles. The van der Waals surface area contributed by atoms with E-state index < -0.39 is 0 Å². The molecular formula is C7H11NOS. The van der Waals surface area contributed by atoms with E-state index in [4.69, 9.17) is 0 Å². The van der Waals surface area contributed by atoms with E-state index in [0.29, 0.717) is 0 Å². The minimum Gasteiger partial charge on any atom is -0.288 e. The first-order chi connectivity index (χ1) is 4.88. The zero-order valence-electron chi connectivity index (χ0n) is 5.84.